The van der Waals surface area contributed by atoms with Gasteiger partial charge in [-0.25, -0.2) is 4.39 Å². The highest BCUT2D eigenvalue weighted by Crippen LogP contribution is 2.38. The first-order valence-electron chi connectivity index (χ1n) is 6.10. The number of aryl methyl sites for hydroxylation is 2. The van der Waals surface area contributed by atoms with Gasteiger partial charge in [-0.2, -0.15) is 0 Å². The van der Waals surface area contributed by atoms with Crippen molar-refractivity contribution in [1.82, 2.24) is 0 Å². The fourth-order valence-corrected chi connectivity index (χ4v) is 2.76. The summed E-state index contributed by atoms with van der Waals surface area (Å²) in [6.45, 7) is 6.63. The molecular weight excluding hydrogens is 217 g/mol. The molecule has 0 spiro atoms. The fourth-order valence-electron chi connectivity index (χ4n) is 2.76. The predicted octanol–water partition coefficient (Wildman–Crippen LogP) is 3.01. The number of halogens is 1. The largest absolute Gasteiger partial charge is 0.373 e. The lowest BCUT2D eigenvalue weighted by molar-refractivity contribution is -0.00206. The molecule has 2 unspecified atom stereocenters. The van der Waals surface area contributed by atoms with Crippen molar-refractivity contribution in [3.8, 4) is 0 Å². The van der Waals surface area contributed by atoms with Crippen LogP contribution in [0.3, 0.4) is 0 Å². The third-order valence-corrected chi connectivity index (χ3v) is 3.78. The Morgan fingerprint density at radius 1 is 1.35 bits per heavy atom. The van der Waals surface area contributed by atoms with Gasteiger partial charge in [0, 0.05) is 6.61 Å². The smallest absolute Gasteiger partial charge is 0.123 e. The number of nitrogens with two attached hydrogens (primary N) is 1. The number of hydrogen-bond acceptors (Lipinski definition) is 2. The van der Waals surface area contributed by atoms with Crippen LogP contribution in [0.1, 0.15) is 42.5 Å². The van der Waals surface area contributed by atoms with Gasteiger partial charge in [-0.15, -0.1) is 0 Å². The zero-order valence-corrected chi connectivity index (χ0v) is 10.7. The topological polar surface area (TPSA) is 35.2 Å². The van der Waals surface area contributed by atoms with Crippen LogP contribution in [-0.4, -0.2) is 12.2 Å². The molecule has 0 aliphatic carbocycles. The Balaban J connectivity index is 2.40. The van der Waals surface area contributed by atoms with Crippen molar-refractivity contribution >= 4 is 0 Å². The van der Waals surface area contributed by atoms with Gasteiger partial charge in [-0.3, -0.25) is 0 Å². The summed E-state index contributed by atoms with van der Waals surface area (Å²) in [4.78, 5) is 0. The number of ether oxygens (including phenoxy) is 1. The molecule has 3 heteroatoms. The molecule has 0 saturated carbocycles. The van der Waals surface area contributed by atoms with Crippen LogP contribution in [0.4, 0.5) is 4.39 Å². The second-order valence-corrected chi connectivity index (χ2v) is 5.20. The molecule has 2 rings (SSSR count). The maximum Gasteiger partial charge on any atom is 0.123 e. The van der Waals surface area contributed by atoms with Crippen molar-refractivity contribution in [1.29, 1.82) is 0 Å². The number of hydrogen-bond donors (Lipinski definition) is 1. The Morgan fingerprint density at radius 3 is 2.41 bits per heavy atom. The first-order valence-corrected chi connectivity index (χ1v) is 6.10. The van der Waals surface area contributed by atoms with Gasteiger partial charge >= 0.3 is 0 Å². The predicted molar refractivity (Wildman–Crippen MR) is 66.4 cm³/mol. The summed E-state index contributed by atoms with van der Waals surface area (Å²) in [6.07, 6.45) is 2.01. The summed E-state index contributed by atoms with van der Waals surface area (Å²) in [5, 5.41) is 0. The molecule has 2 nitrogen and oxygen atoms in total. The second-order valence-electron chi connectivity index (χ2n) is 5.20. The van der Waals surface area contributed by atoms with Crippen LogP contribution >= 0.6 is 0 Å². The van der Waals surface area contributed by atoms with E-state index in [2.05, 4.69) is 0 Å². The maximum atomic E-state index is 13.3. The lowest BCUT2D eigenvalue weighted by Gasteiger charge is -2.32. The van der Waals surface area contributed by atoms with E-state index in [-0.39, 0.29) is 17.5 Å². The highest BCUT2D eigenvalue weighted by Gasteiger charge is 2.38. The summed E-state index contributed by atoms with van der Waals surface area (Å²) in [5.41, 5.74) is 8.87. The summed E-state index contributed by atoms with van der Waals surface area (Å²) in [7, 11) is 0. The van der Waals surface area contributed by atoms with Crippen LogP contribution in [0.2, 0.25) is 0 Å². The molecule has 2 atom stereocenters. The normalized spacial score (nSPS) is 26.2. The highest BCUT2D eigenvalue weighted by atomic mass is 19.1. The van der Waals surface area contributed by atoms with E-state index in [1.165, 1.54) is 0 Å². The quantitative estimate of drug-likeness (QED) is 0.858. The Hall–Kier alpha value is -0.930. The molecule has 1 aromatic rings. The molecule has 1 aliphatic heterocycles. The van der Waals surface area contributed by atoms with Crippen molar-refractivity contribution in [2.75, 3.05) is 6.61 Å². The highest BCUT2D eigenvalue weighted by molar-refractivity contribution is 5.38. The molecule has 0 amide bonds. The Labute approximate surface area is 102 Å². The van der Waals surface area contributed by atoms with Gasteiger partial charge in [0.05, 0.1) is 11.6 Å². The first-order chi connectivity index (χ1) is 7.94. The Bertz CT molecular complexity index is 401. The lowest BCUT2D eigenvalue weighted by Crippen LogP contribution is -2.38. The third kappa shape index (κ3) is 2.22. The summed E-state index contributed by atoms with van der Waals surface area (Å²) in [5.74, 6) is -0.201. The average Bonchev–Trinajstić information content (AvgIpc) is 2.64. The van der Waals surface area contributed by atoms with Gasteiger partial charge < -0.3 is 10.5 Å². The van der Waals surface area contributed by atoms with E-state index in [0.29, 0.717) is 0 Å². The molecule has 1 aromatic carbocycles. The van der Waals surface area contributed by atoms with Gasteiger partial charge in [0.25, 0.3) is 0 Å². The summed E-state index contributed by atoms with van der Waals surface area (Å²) in [6, 6.07) is 2.90. The van der Waals surface area contributed by atoms with E-state index in [4.69, 9.17) is 10.5 Å². The van der Waals surface area contributed by atoms with Gasteiger partial charge in [-0.05, 0) is 62.4 Å². The minimum atomic E-state index is -0.312. The van der Waals surface area contributed by atoms with Crippen LogP contribution in [0.5, 0.6) is 0 Å². The van der Waals surface area contributed by atoms with Crippen LogP contribution in [0.15, 0.2) is 12.1 Å². The minimum Gasteiger partial charge on any atom is -0.373 e. The van der Waals surface area contributed by atoms with Crippen LogP contribution in [0.25, 0.3) is 0 Å². The molecule has 2 N–H and O–H groups in total. The molecule has 1 saturated heterocycles. The van der Waals surface area contributed by atoms with E-state index in [1.54, 1.807) is 12.1 Å². The molecule has 1 fully saturated rings. The van der Waals surface area contributed by atoms with Crippen molar-refractivity contribution in [2.24, 2.45) is 5.73 Å². The van der Waals surface area contributed by atoms with Crippen LogP contribution in [0, 0.1) is 19.7 Å². The summed E-state index contributed by atoms with van der Waals surface area (Å²) < 4.78 is 19.1. The second kappa shape index (κ2) is 4.39. The van der Waals surface area contributed by atoms with E-state index in [9.17, 15) is 4.39 Å². The standard InChI is InChI=1S/C14H20FNO/c1-9-7-11(15)8-10(2)12(9)13(16)14(3)5-4-6-17-14/h7-8,13H,4-6,16H2,1-3H3. The molecule has 94 valence electrons. The molecular formula is C14H20FNO. The van der Waals surface area contributed by atoms with Crippen LogP contribution < -0.4 is 5.73 Å². The average molecular weight is 237 g/mol. The molecule has 0 bridgehead atoms. The van der Waals surface area contributed by atoms with E-state index < -0.39 is 0 Å². The van der Waals surface area contributed by atoms with Gasteiger partial charge in [0.1, 0.15) is 5.82 Å². The van der Waals surface area contributed by atoms with Crippen molar-refractivity contribution < 1.29 is 9.13 Å². The van der Waals surface area contributed by atoms with Crippen molar-refractivity contribution in [3.63, 3.8) is 0 Å². The van der Waals surface area contributed by atoms with Gasteiger partial charge in [0.2, 0.25) is 0 Å². The monoisotopic (exact) mass is 237 g/mol. The molecule has 17 heavy (non-hydrogen) atoms. The number of benzene rings is 1. The summed E-state index contributed by atoms with van der Waals surface area (Å²) >= 11 is 0. The zero-order valence-electron chi connectivity index (χ0n) is 10.7. The Morgan fingerprint density at radius 2 is 1.94 bits per heavy atom. The van der Waals surface area contributed by atoms with Crippen molar-refractivity contribution in [2.45, 2.75) is 45.3 Å². The van der Waals surface area contributed by atoms with E-state index in [1.807, 2.05) is 20.8 Å². The Kier molecular flexibility index (Phi) is 3.23. The molecule has 0 aromatic heterocycles. The SMILES string of the molecule is Cc1cc(F)cc(C)c1C(N)C1(C)CCCO1. The molecule has 1 aliphatic rings. The maximum absolute atomic E-state index is 13.3. The van der Waals surface area contributed by atoms with E-state index in [0.717, 1.165) is 36.1 Å². The number of rotatable bonds is 2. The third-order valence-electron chi connectivity index (χ3n) is 3.78. The van der Waals surface area contributed by atoms with Gasteiger partial charge in [-0.1, -0.05) is 0 Å². The lowest BCUT2D eigenvalue weighted by atomic mass is 9.84. The van der Waals surface area contributed by atoms with Gasteiger partial charge in [0.15, 0.2) is 0 Å². The van der Waals surface area contributed by atoms with Crippen molar-refractivity contribution in [3.05, 3.63) is 34.6 Å². The molecule has 1 heterocycles. The van der Waals surface area contributed by atoms with E-state index >= 15 is 0 Å². The van der Waals surface area contributed by atoms with Crippen LogP contribution in [-0.2, 0) is 4.74 Å². The zero-order chi connectivity index (χ0) is 12.6. The fraction of sp³-hybridized carbons (Fsp3) is 0.571. The molecule has 0 radical (unpaired) electrons. The first kappa shape index (κ1) is 12.5. The minimum absolute atomic E-state index is 0.189.